The van der Waals surface area contributed by atoms with Gasteiger partial charge < -0.3 is 19.5 Å². The minimum Gasteiger partial charge on any atom is -0.497 e. The highest BCUT2D eigenvalue weighted by atomic mass is 16.5. The molecule has 0 aliphatic heterocycles. The highest BCUT2D eigenvalue weighted by Crippen LogP contribution is 2.24. The maximum absolute atomic E-state index is 8.76. The Morgan fingerprint density at radius 3 is 2.53 bits per heavy atom. The molecule has 0 spiro atoms. The molecule has 0 aromatic heterocycles. The Labute approximate surface area is 115 Å². The molecule has 4 heteroatoms. The number of unbranched alkanes of at least 4 members (excludes halogenated alkanes) is 1. The van der Waals surface area contributed by atoms with Gasteiger partial charge in [0, 0.05) is 19.2 Å². The molecule has 19 heavy (non-hydrogen) atoms. The van der Waals surface area contributed by atoms with E-state index in [2.05, 4.69) is 18.0 Å². The summed E-state index contributed by atoms with van der Waals surface area (Å²) >= 11 is 0. The fourth-order valence-electron chi connectivity index (χ4n) is 1.98. The van der Waals surface area contributed by atoms with Crippen molar-refractivity contribution in [3.63, 3.8) is 0 Å². The molecule has 0 atom stereocenters. The zero-order valence-electron chi connectivity index (χ0n) is 12.2. The number of likely N-dealkylation sites (N-methyl/N-ethyl adjacent to an activating group) is 1. The molecule has 0 amide bonds. The van der Waals surface area contributed by atoms with Gasteiger partial charge in [-0.2, -0.15) is 0 Å². The molecule has 0 heterocycles. The first-order chi connectivity index (χ1) is 9.21. The van der Waals surface area contributed by atoms with Crippen LogP contribution in [0.15, 0.2) is 18.2 Å². The van der Waals surface area contributed by atoms with Crippen molar-refractivity contribution in [2.24, 2.45) is 0 Å². The number of rotatable bonds is 9. The van der Waals surface area contributed by atoms with Crippen molar-refractivity contribution in [1.82, 2.24) is 4.90 Å². The van der Waals surface area contributed by atoms with Crippen LogP contribution in [0.4, 0.5) is 0 Å². The lowest BCUT2D eigenvalue weighted by molar-refractivity contribution is 0.264. The third-order valence-corrected chi connectivity index (χ3v) is 3.21. The van der Waals surface area contributed by atoms with Crippen molar-refractivity contribution in [2.75, 3.05) is 41.0 Å². The molecule has 0 aliphatic carbocycles. The van der Waals surface area contributed by atoms with E-state index in [0.717, 1.165) is 43.9 Å². The minimum atomic E-state index is 0.278. The molecule has 0 bridgehead atoms. The molecule has 0 radical (unpaired) electrons. The van der Waals surface area contributed by atoms with E-state index in [-0.39, 0.29) is 6.61 Å². The van der Waals surface area contributed by atoms with E-state index < -0.39 is 0 Å². The van der Waals surface area contributed by atoms with Gasteiger partial charge in [-0.1, -0.05) is 6.07 Å². The van der Waals surface area contributed by atoms with E-state index in [4.69, 9.17) is 14.6 Å². The summed E-state index contributed by atoms with van der Waals surface area (Å²) in [6.45, 7) is 2.27. The average molecular weight is 267 g/mol. The molecule has 0 saturated heterocycles. The molecule has 4 nitrogen and oxygen atoms in total. The maximum atomic E-state index is 8.76. The molecule has 108 valence electrons. The van der Waals surface area contributed by atoms with Crippen molar-refractivity contribution in [3.05, 3.63) is 23.8 Å². The van der Waals surface area contributed by atoms with Crippen LogP contribution in [0.2, 0.25) is 0 Å². The number of benzene rings is 1. The predicted octanol–water partition coefficient (Wildman–Crippen LogP) is 1.95. The quantitative estimate of drug-likeness (QED) is 0.694. The van der Waals surface area contributed by atoms with Gasteiger partial charge in [-0.25, -0.2) is 0 Å². The summed E-state index contributed by atoms with van der Waals surface area (Å²) in [5, 5.41) is 8.76. The number of aliphatic hydroxyl groups is 1. The second kappa shape index (κ2) is 8.77. The minimum absolute atomic E-state index is 0.278. The Balaban J connectivity index is 2.47. The van der Waals surface area contributed by atoms with Crippen LogP contribution in [-0.4, -0.2) is 51.0 Å². The Kier molecular flexibility index (Phi) is 7.30. The van der Waals surface area contributed by atoms with Crippen molar-refractivity contribution in [2.45, 2.75) is 19.3 Å². The SMILES string of the molecule is COc1ccc(CCN(C)CCCCO)c(OC)c1. The van der Waals surface area contributed by atoms with Gasteiger partial charge in [0.1, 0.15) is 11.5 Å². The van der Waals surface area contributed by atoms with Crippen LogP contribution >= 0.6 is 0 Å². The zero-order chi connectivity index (χ0) is 14.1. The summed E-state index contributed by atoms with van der Waals surface area (Å²) in [5.74, 6) is 1.69. The first-order valence-corrected chi connectivity index (χ1v) is 6.71. The number of nitrogens with zero attached hydrogens (tertiary/aromatic N) is 1. The largest absolute Gasteiger partial charge is 0.497 e. The third kappa shape index (κ3) is 5.49. The summed E-state index contributed by atoms with van der Waals surface area (Å²) in [7, 11) is 5.44. The molecule has 1 N–H and O–H groups in total. The van der Waals surface area contributed by atoms with E-state index in [1.165, 1.54) is 5.56 Å². The van der Waals surface area contributed by atoms with Crippen LogP contribution < -0.4 is 9.47 Å². The van der Waals surface area contributed by atoms with E-state index >= 15 is 0 Å². The molecule has 0 aliphatic rings. The smallest absolute Gasteiger partial charge is 0.125 e. The van der Waals surface area contributed by atoms with Crippen molar-refractivity contribution < 1.29 is 14.6 Å². The maximum Gasteiger partial charge on any atom is 0.125 e. The summed E-state index contributed by atoms with van der Waals surface area (Å²) in [6, 6.07) is 5.93. The lowest BCUT2D eigenvalue weighted by Gasteiger charge is -2.17. The molecular weight excluding hydrogens is 242 g/mol. The first-order valence-electron chi connectivity index (χ1n) is 6.71. The van der Waals surface area contributed by atoms with Gasteiger partial charge >= 0.3 is 0 Å². The van der Waals surface area contributed by atoms with Crippen LogP contribution in [0, 0.1) is 0 Å². The molecular formula is C15H25NO3. The van der Waals surface area contributed by atoms with Crippen LogP contribution in [0.5, 0.6) is 11.5 Å². The standard InChI is InChI=1S/C15H25NO3/c1-16(9-4-5-11-17)10-8-13-6-7-14(18-2)12-15(13)19-3/h6-7,12,17H,4-5,8-11H2,1-3H3. The molecule has 1 aromatic rings. The summed E-state index contributed by atoms with van der Waals surface area (Å²) < 4.78 is 10.6. The highest BCUT2D eigenvalue weighted by molar-refractivity contribution is 5.40. The summed E-state index contributed by atoms with van der Waals surface area (Å²) in [4.78, 5) is 2.28. The fraction of sp³-hybridized carbons (Fsp3) is 0.600. The predicted molar refractivity (Wildman–Crippen MR) is 77.1 cm³/mol. The summed E-state index contributed by atoms with van der Waals surface area (Å²) in [6.07, 6.45) is 2.85. The third-order valence-electron chi connectivity index (χ3n) is 3.21. The van der Waals surface area contributed by atoms with Gasteiger partial charge in [-0.05, 0) is 44.5 Å². The monoisotopic (exact) mass is 267 g/mol. The van der Waals surface area contributed by atoms with Crippen LogP contribution in [-0.2, 0) is 6.42 Å². The van der Waals surface area contributed by atoms with Crippen LogP contribution in [0.25, 0.3) is 0 Å². The fourth-order valence-corrected chi connectivity index (χ4v) is 1.98. The van der Waals surface area contributed by atoms with Gasteiger partial charge in [0.05, 0.1) is 14.2 Å². The average Bonchev–Trinajstić information content (AvgIpc) is 2.45. The van der Waals surface area contributed by atoms with Crippen molar-refractivity contribution in [1.29, 1.82) is 0 Å². The van der Waals surface area contributed by atoms with Crippen molar-refractivity contribution in [3.8, 4) is 11.5 Å². The molecule has 0 unspecified atom stereocenters. The molecule has 0 saturated carbocycles. The highest BCUT2D eigenvalue weighted by Gasteiger charge is 2.06. The molecule has 0 fully saturated rings. The number of aliphatic hydroxyl groups excluding tert-OH is 1. The Hall–Kier alpha value is -1.26. The Morgan fingerprint density at radius 1 is 1.11 bits per heavy atom. The number of methoxy groups -OCH3 is 2. The Morgan fingerprint density at radius 2 is 1.89 bits per heavy atom. The second-order valence-electron chi connectivity index (χ2n) is 4.66. The topological polar surface area (TPSA) is 41.9 Å². The van der Waals surface area contributed by atoms with Gasteiger partial charge in [-0.15, -0.1) is 0 Å². The number of ether oxygens (including phenoxy) is 2. The van der Waals surface area contributed by atoms with E-state index in [0.29, 0.717) is 0 Å². The Bertz CT molecular complexity index is 368. The van der Waals surface area contributed by atoms with Gasteiger partial charge in [0.2, 0.25) is 0 Å². The van der Waals surface area contributed by atoms with Gasteiger partial charge in [0.25, 0.3) is 0 Å². The van der Waals surface area contributed by atoms with Crippen LogP contribution in [0.3, 0.4) is 0 Å². The van der Waals surface area contributed by atoms with E-state index in [1.54, 1.807) is 14.2 Å². The molecule has 1 aromatic carbocycles. The lowest BCUT2D eigenvalue weighted by Crippen LogP contribution is -2.22. The number of hydrogen-bond acceptors (Lipinski definition) is 4. The lowest BCUT2D eigenvalue weighted by atomic mass is 10.1. The van der Waals surface area contributed by atoms with Gasteiger partial charge in [-0.3, -0.25) is 0 Å². The molecule has 1 rings (SSSR count). The first kappa shape index (κ1) is 15.8. The van der Waals surface area contributed by atoms with Gasteiger partial charge in [0.15, 0.2) is 0 Å². The summed E-state index contributed by atoms with van der Waals surface area (Å²) in [5.41, 5.74) is 1.19. The normalized spacial score (nSPS) is 10.8. The van der Waals surface area contributed by atoms with E-state index in [9.17, 15) is 0 Å². The number of hydrogen-bond donors (Lipinski definition) is 1. The van der Waals surface area contributed by atoms with E-state index in [1.807, 2.05) is 12.1 Å². The van der Waals surface area contributed by atoms with Crippen molar-refractivity contribution >= 4 is 0 Å². The second-order valence-corrected chi connectivity index (χ2v) is 4.66. The zero-order valence-corrected chi connectivity index (χ0v) is 12.2. The van der Waals surface area contributed by atoms with Crippen LogP contribution in [0.1, 0.15) is 18.4 Å².